The average Bonchev–Trinajstić information content (AvgIpc) is 3.50. The molecule has 2 aromatic heterocycles. The largest absolute Gasteiger partial charge is 0.460 e. The number of hydrogen-bond donors (Lipinski definition) is 2. The second-order valence-corrected chi connectivity index (χ2v) is 11.1. The summed E-state index contributed by atoms with van der Waals surface area (Å²) in [5.74, 6) is -1.09. The number of benzene rings is 2. The van der Waals surface area contributed by atoms with Gasteiger partial charge in [-0.05, 0) is 73.7 Å². The number of hydrogen-bond acceptors (Lipinski definition) is 10. The fraction of sp³-hybridized carbons (Fsp3) is 0.241. The maximum absolute atomic E-state index is 13.2. The van der Waals surface area contributed by atoms with Crippen LogP contribution >= 0.6 is 23.2 Å². The highest BCUT2D eigenvalue weighted by molar-refractivity contribution is 6.31. The molecule has 0 saturated heterocycles. The van der Waals surface area contributed by atoms with Crippen LogP contribution in [0.4, 0.5) is 10.5 Å². The van der Waals surface area contributed by atoms with Crippen LogP contribution in [0.1, 0.15) is 44.4 Å². The van der Waals surface area contributed by atoms with E-state index in [4.69, 9.17) is 27.9 Å². The molecular weight excluding hydrogens is 611 g/mol. The van der Waals surface area contributed by atoms with Gasteiger partial charge in [0, 0.05) is 33.5 Å². The van der Waals surface area contributed by atoms with E-state index in [2.05, 4.69) is 41.1 Å². The molecule has 2 N–H and O–H groups in total. The smallest absolute Gasteiger partial charge is 0.411 e. The molecule has 0 saturated carbocycles. The zero-order chi connectivity index (χ0) is 31.9. The zero-order valence-corrected chi connectivity index (χ0v) is 25.6. The number of esters is 1. The van der Waals surface area contributed by atoms with Crippen LogP contribution in [0.15, 0.2) is 60.9 Å². The van der Waals surface area contributed by atoms with Crippen molar-refractivity contribution < 1.29 is 23.9 Å². The van der Waals surface area contributed by atoms with Gasteiger partial charge >= 0.3 is 12.1 Å². The Morgan fingerprint density at radius 2 is 1.80 bits per heavy atom. The van der Waals surface area contributed by atoms with Crippen molar-refractivity contribution in [2.75, 3.05) is 12.4 Å². The van der Waals surface area contributed by atoms with Gasteiger partial charge in [-0.2, -0.15) is 4.68 Å². The summed E-state index contributed by atoms with van der Waals surface area (Å²) in [6.45, 7) is 5.23. The second-order valence-electron chi connectivity index (χ2n) is 10.3. The van der Waals surface area contributed by atoms with E-state index in [-0.39, 0.29) is 11.6 Å². The third-order valence-corrected chi connectivity index (χ3v) is 6.40. The van der Waals surface area contributed by atoms with Crippen molar-refractivity contribution in [3.63, 3.8) is 0 Å². The van der Waals surface area contributed by atoms with E-state index in [1.54, 1.807) is 75.4 Å². The lowest BCUT2D eigenvalue weighted by Crippen LogP contribution is -2.32. The molecule has 2 amide bonds. The molecule has 1 atom stereocenters. The number of nitrogens with zero attached hydrogens (tertiary/aromatic N) is 6. The van der Waals surface area contributed by atoms with Gasteiger partial charge in [-0.3, -0.25) is 14.9 Å². The first-order valence-corrected chi connectivity index (χ1v) is 13.9. The highest BCUT2D eigenvalue weighted by Gasteiger charge is 2.26. The molecule has 15 heteroatoms. The van der Waals surface area contributed by atoms with E-state index in [9.17, 15) is 14.4 Å². The predicted octanol–water partition coefficient (Wildman–Crippen LogP) is 5.21. The highest BCUT2D eigenvalue weighted by atomic mass is 35.5. The predicted molar refractivity (Wildman–Crippen MR) is 163 cm³/mol. The van der Waals surface area contributed by atoms with Crippen LogP contribution in [0, 0.1) is 0 Å². The van der Waals surface area contributed by atoms with E-state index in [1.807, 2.05) is 0 Å². The van der Waals surface area contributed by atoms with Crippen molar-refractivity contribution in [2.45, 2.75) is 38.8 Å². The molecule has 0 spiro atoms. The molecule has 0 radical (unpaired) electrons. The summed E-state index contributed by atoms with van der Waals surface area (Å²) in [4.78, 5) is 37.6. The Labute approximate surface area is 262 Å². The number of tetrazole rings is 1. The Balaban J connectivity index is 1.62. The molecule has 2 aromatic carbocycles. The van der Waals surface area contributed by atoms with Gasteiger partial charge in [-0.25, -0.2) is 4.79 Å². The number of carbonyl (C=O) groups is 3. The third-order valence-electron chi connectivity index (χ3n) is 5.87. The average molecular weight is 640 g/mol. The van der Waals surface area contributed by atoms with Crippen molar-refractivity contribution in [1.82, 2.24) is 35.7 Å². The maximum Gasteiger partial charge on any atom is 0.411 e. The second kappa shape index (κ2) is 14.1. The first kappa shape index (κ1) is 32.0. The molecule has 0 aliphatic heterocycles. The Hall–Kier alpha value is -4.88. The van der Waals surface area contributed by atoms with Gasteiger partial charge in [0.15, 0.2) is 5.15 Å². The first-order valence-electron chi connectivity index (χ1n) is 13.1. The van der Waals surface area contributed by atoms with Gasteiger partial charge in [0.1, 0.15) is 11.9 Å². The summed E-state index contributed by atoms with van der Waals surface area (Å²) >= 11 is 12.6. The molecule has 0 bridgehead atoms. The van der Waals surface area contributed by atoms with Crippen LogP contribution in [-0.2, 0) is 19.1 Å². The molecule has 44 heavy (non-hydrogen) atoms. The highest BCUT2D eigenvalue weighted by Crippen LogP contribution is 2.29. The van der Waals surface area contributed by atoms with E-state index in [0.29, 0.717) is 38.8 Å². The number of ether oxygens (including phenoxy) is 2. The Bertz CT molecular complexity index is 1670. The minimum Gasteiger partial charge on any atom is -0.460 e. The Morgan fingerprint density at radius 3 is 2.45 bits per heavy atom. The van der Waals surface area contributed by atoms with E-state index < -0.39 is 29.6 Å². The number of carbonyl (C=O) groups excluding carboxylic acids is 3. The number of halogens is 2. The van der Waals surface area contributed by atoms with Gasteiger partial charge in [-0.1, -0.05) is 35.3 Å². The number of anilines is 1. The van der Waals surface area contributed by atoms with E-state index >= 15 is 0 Å². The minimum atomic E-state index is -0.928. The summed E-state index contributed by atoms with van der Waals surface area (Å²) in [6.07, 6.45) is 3.40. The van der Waals surface area contributed by atoms with Gasteiger partial charge in [0.05, 0.1) is 31.0 Å². The molecular formula is C29H28Cl2N8O5. The van der Waals surface area contributed by atoms with Crippen LogP contribution in [0.25, 0.3) is 23.0 Å². The quantitative estimate of drug-likeness (QED) is 0.184. The standard InChI is InChI=1S/C29H28Cl2N8O5/c1-29(2,3)44-26(41)15-23(34-25(40)12-7-18-13-19(30)8-11-24(18)39-16-32-37-38-39)21-14-22(35-36-27(21)31)17-5-9-20(10-6-17)33-28(42)43-4/h5-14,16,23H,15H2,1-4H3,(H,33,42)(H,34,40). The van der Waals surface area contributed by atoms with Crippen molar-refractivity contribution in [1.29, 1.82) is 0 Å². The molecule has 4 aromatic rings. The zero-order valence-electron chi connectivity index (χ0n) is 24.1. The molecule has 0 aliphatic carbocycles. The van der Waals surface area contributed by atoms with Crippen molar-refractivity contribution in [3.8, 4) is 16.9 Å². The molecule has 0 fully saturated rings. The fourth-order valence-electron chi connectivity index (χ4n) is 3.98. The number of amides is 2. The molecule has 0 aliphatic rings. The molecule has 228 valence electrons. The Kier molecular flexibility index (Phi) is 10.2. The number of aromatic nitrogens is 6. The molecule has 2 heterocycles. The molecule has 13 nitrogen and oxygen atoms in total. The Morgan fingerprint density at radius 1 is 1.05 bits per heavy atom. The minimum absolute atomic E-state index is 0.00799. The lowest BCUT2D eigenvalue weighted by atomic mass is 10.0. The lowest BCUT2D eigenvalue weighted by Gasteiger charge is -2.23. The van der Waals surface area contributed by atoms with Gasteiger partial charge in [0.25, 0.3) is 0 Å². The van der Waals surface area contributed by atoms with Crippen molar-refractivity contribution in [2.24, 2.45) is 0 Å². The normalized spacial score (nSPS) is 12.0. The van der Waals surface area contributed by atoms with Crippen LogP contribution in [-0.4, -0.2) is 61.1 Å². The molecule has 4 rings (SSSR count). The molecule has 1 unspecified atom stereocenters. The topological polar surface area (TPSA) is 163 Å². The summed E-state index contributed by atoms with van der Waals surface area (Å²) in [5, 5.41) is 25.2. The lowest BCUT2D eigenvalue weighted by molar-refractivity contribution is -0.155. The fourth-order valence-corrected chi connectivity index (χ4v) is 4.39. The monoisotopic (exact) mass is 638 g/mol. The van der Waals surface area contributed by atoms with Crippen molar-refractivity contribution >= 4 is 52.9 Å². The first-order chi connectivity index (χ1) is 20.9. The van der Waals surface area contributed by atoms with Crippen LogP contribution in [0.2, 0.25) is 10.2 Å². The maximum atomic E-state index is 13.2. The number of methoxy groups -OCH3 is 1. The summed E-state index contributed by atoms with van der Waals surface area (Å²) in [6, 6.07) is 12.5. The van der Waals surface area contributed by atoms with E-state index in [1.165, 1.54) is 24.2 Å². The SMILES string of the molecule is COC(=O)Nc1ccc(-c2cc(C(CC(=O)OC(C)(C)C)NC(=O)C=Cc3cc(Cl)ccc3-n3cnnn3)c(Cl)nn2)cc1. The number of nitrogens with one attached hydrogen (secondary N) is 2. The summed E-state index contributed by atoms with van der Waals surface area (Å²) < 4.78 is 11.6. The number of rotatable bonds is 9. The summed E-state index contributed by atoms with van der Waals surface area (Å²) in [7, 11) is 1.27. The van der Waals surface area contributed by atoms with Gasteiger partial charge < -0.3 is 14.8 Å². The van der Waals surface area contributed by atoms with Crippen LogP contribution in [0.3, 0.4) is 0 Å². The van der Waals surface area contributed by atoms with Gasteiger partial charge in [0.2, 0.25) is 5.91 Å². The summed E-state index contributed by atoms with van der Waals surface area (Å²) in [5.41, 5.74) is 2.32. The van der Waals surface area contributed by atoms with Crippen LogP contribution in [0.5, 0.6) is 0 Å². The van der Waals surface area contributed by atoms with Crippen molar-refractivity contribution in [3.05, 3.63) is 82.2 Å². The van der Waals surface area contributed by atoms with Gasteiger partial charge in [-0.15, -0.1) is 15.3 Å². The van der Waals surface area contributed by atoms with Crippen LogP contribution < -0.4 is 10.6 Å². The van der Waals surface area contributed by atoms with E-state index in [0.717, 1.165) is 0 Å². The third kappa shape index (κ3) is 8.82.